The van der Waals surface area contributed by atoms with E-state index in [4.69, 9.17) is 14.2 Å². The first kappa shape index (κ1) is 33.8. The molecule has 2 aromatic rings. The number of hydrogen-bond acceptors (Lipinski definition) is 6. The van der Waals surface area contributed by atoms with E-state index in [2.05, 4.69) is 57.8 Å². The third-order valence-electron chi connectivity index (χ3n) is 8.29. The SMILES string of the molecule is CC(C)=CCC/C(C)=C/CC/C(C)=C/CC[C@]1(C)CCc2c(C)c(OC(=O)COC(=O)c3cccnc3)c(C)c(C)c2O1. The molecule has 0 radical (unpaired) electrons. The summed E-state index contributed by atoms with van der Waals surface area (Å²) in [6.45, 7) is 16.4. The van der Waals surface area contributed by atoms with E-state index in [1.54, 1.807) is 18.3 Å². The zero-order chi connectivity index (χ0) is 31.6. The van der Waals surface area contributed by atoms with Crippen LogP contribution in [0.4, 0.5) is 0 Å². The van der Waals surface area contributed by atoms with Crippen LogP contribution < -0.4 is 9.47 Å². The first-order valence-corrected chi connectivity index (χ1v) is 15.4. The molecule has 0 spiro atoms. The van der Waals surface area contributed by atoms with Crippen molar-refractivity contribution in [1.82, 2.24) is 4.98 Å². The number of hydrogen-bond donors (Lipinski definition) is 0. The van der Waals surface area contributed by atoms with Crippen molar-refractivity contribution >= 4 is 11.9 Å². The molecule has 43 heavy (non-hydrogen) atoms. The fourth-order valence-corrected chi connectivity index (χ4v) is 5.41. The van der Waals surface area contributed by atoms with Gasteiger partial charge < -0.3 is 14.2 Å². The average molecular weight is 588 g/mol. The van der Waals surface area contributed by atoms with Gasteiger partial charge in [0.2, 0.25) is 0 Å². The molecule has 0 N–H and O–H groups in total. The van der Waals surface area contributed by atoms with Gasteiger partial charge in [-0.25, -0.2) is 9.59 Å². The van der Waals surface area contributed by atoms with Gasteiger partial charge in [-0.1, -0.05) is 34.9 Å². The fourth-order valence-electron chi connectivity index (χ4n) is 5.41. The minimum absolute atomic E-state index is 0.256. The second-order valence-electron chi connectivity index (χ2n) is 12.4. The van der Waals surface area contributed by atoms with Crippen LogP contribution in [-0.2, 0) is 16.0 Å². The van der Waals surface area contributed by atoms with Gasteiger partial charge in [0.15, 0.2) is 6.61 Å². The lowest BCUT2D eigenvalue weighted by Gasteiger charge is -2.38. The Hall–Kier alpha value is -3.67. The van der Waals surface area contributed by atoms with Crippen molar-refractivity contribution in [2.75, 3.05) is 6.61 Å². The largest absolute Gasteiger partial charge is 0.487 e. The Bertz CT molecular complexity index is 1380. The van der Waals surface area contributed by atoms with Crippen molar-refractivity contribution in [2.24, 2.45) is 0 Å². The van der Waals surface area contributed by atoms with Gasteiger partial charge in [0.25, 0.3) is 0 Å². The molecule has 232 valence electrons. The second kappa shape index (κ2) is 15.7. The van der Waals surface area contributed by atoms with Crippen molar-refractivity contribution in [3.05, 3.63) is 87.3 Å². The third kappa shape index (κ3) is 9.94. The maximum Gasteiger partial charge on any atom is 0.349 e. The summed E-state index contributed by atoms with van der Waals surface area (Å²) in [6, 6.07) is 3.22. The highest BCUT2D eigenvalue weighted by atomic mass is 16.6. The number of benzene rings is 1. The minimum atomic E-state index is -0.624. The lowest BCUT2D eigenvalue weighted by molar-refractivity contribution is -0.137. The maximum atomic E-state index is 12.6. The third-order valence-corrected chi connectivity index (χ3v) is 8.29. The number of carbonyl (C=O) groups is 2. The first-order chi connectivity index (χ1) is 20.4. The molecule has 1 aromatic heterocycles. The van der Waals surface area contributed by atoms with E-state index in [1.165, 1.54) is 22.9 Å². The monoisotopic (exact) mass is 587 g/mol. The standard InChI is InChI=1S/C37H49NO5/c1-25(2)13-9-14-26(3)15-10-16-27(4)17-11-20-37(8)21-19-32-30(7)34(28(5)29(6)35(32)43-37)42-33(39)24-41-36(40)31-18-12-22-38-23-31/h12-13,15,17-18,22-23H,9-11,14,16,19-21,24H2,1-8H3/b26-15+,27-17+/t37-/m1/s1. The van der Waals surface area contributed by atoms with Gasteiger partial charge in [-0.2, -0.15) is 0 Å². The molecule has 1 aromatic carbocycles. The number of allylic oxidation sites excluding steroid dienone is 6. The molecule has 0 unspecified atom stereocenters. The van der Waals surface area contributed by atoms with Gasteiger partial charge in [0, 0.05) is 18.0 Å². The summed E-state index contributed by atoms with van der Waals surface area (Å²) >= 11 is 0. The predicted octanol–water partition coefficient (Wildman–Crippen LogP) is 9.05. The lowest BCUT2D eigenvalue weighted by atomic mass is 9.85. The van der Waals surface area contributed by atoms with E-state index in [9.17, 15) is 9.59 Å². The number of nitrogens with zero attached hydrogens (tertiary/aromatic N) is 1. The van der Waals surface area contributed by atoms with Crippen LogP contribution in [-0.4, -0.2) is 29.1 Å². The van der Waals surface area contributed by atoms with Gasteiger partial charge in [-0.3, -0.25) is 4.98 Å². The highest BCUT2D eigenvalue weighted by molar-refractivity contribution is 5.90. The van der Waals surface area contributed by atoms with Gasteiger partial charge in [0.05, 0.1) is 5.56 Å². The Labute approximate surface area is 258 Å². The van der Waals surface area contributed by atoms with Gasteiger partial charge >= 0.3 is 11.9 Å². The highest BCUT2D eigenvalue weighted by Gasteiger charge is 2.34. The Balaban J connectivity index is 1.56. The van der Waals surface area contributed by atoms with Crippen LogP contribution in [0.1, 0.15) is 112 Å². The Morgan fingerprint density at radius 2 is 1.63 bits per heavy atom. The highest BCUT2D eigenvalue weighted by Crippen LogP contribution is 2.45. The van der Waals surface area contributed by atoms with Crippen molar-refractivity contribution in [3.63, 3.8) is 0 Å². The molecule has 1 atom stereocenters. The fraction of sp³-hybridized carbons (Fsp3) is 0.486. The summed E-state index contributed by atoms with van der Waals surface area (Å²) in [7, 11) is 0. The normalized spacial score (nSPS) is 16.7. The van der Waals surface area contributed by atoms with E-state index < -0.39 is 18.5 Å². The van der Waals surface area contributed by atoms with Crippen LogP contribution in [0.3, 0.4) is 0 Å². The maximum absolute atomic E-state index is 12.6. The number of esters is 2. The van der Waals surface area contributed by atoms with E-state index >= 15 is 0 Å². The zero-order valence-electron chi connectivity index (χ0n) is 27.4. The van der Waals surface area contributed by atoms with E-state index in [1.807, 2.05) is 20.8 Å². The van der Waals surface area contributed by atoms with Crippen molar-refractivity contribution in [2.45, 2.75) is 112 Å². The molecule has 0 aliphatic carbocycles. The van der Waals surface area contributed by atoms with Crippen LogP contribution >= 0.6 is 0 Å². The number of carbonyl (C=O) groups excluding carboxylic acids is 2. The summed E-state index contributed by atoms with van der Waals surface area (Å²) in [4.78, 5) is 28.7. The van der Waals surface area contributed by atoms with E-state index in [0.717, 1.165) is 79.4 Å². The molecule has 1 aliphatic rings. The van der Waals surface area contributed by atoms with Crippen molar-refractivity contribution in [3.8, 4) is 11.5 Å². The molecule has 0 bridgehead atoms. The number of pyridine rings is 1. The van der Waals surface area contributed by atoms with Crippen LogP contribution in [0.2, 0.25) is 0 Å². The molecule has 1 aliphatic heterocycles. The van der Waals surface area contributed by atoms with Crippen molar-refractivity contribution in [1.29, 1.82) is 0 Å². The molecular weight excluding hydrogens is 538 g/mol. The quantitative estimate of drug-likeness (QED) is 0.132. The molecule has 0 fully saturated rings. The molecule has 6 nitrogen and oxygen atoms in total. The summed E-state index contributed by atoms with van der Waals surface area (Å²) in [5.41, 5.74) is 8.10. The molecule has 2 heterocycles. The lowest BCUT2D eigenvalue weighted by Crippen LogP contribution is -2.37. The van der Waals surface area contributed by atoms with Gasteiger partial charge in [-0.05, 0) is 136 Å². The number of aromatic nitrogens is 1. The minimum Gasteiger partial charge on any atom is -0.487 e. The topological polar surface area (TPSA) is 74.7 Å². The number of rotatable bonds is 13. The molecule has 0 saturated carbocycles. The van der Waals surface area contributed by atoms with Gasteiger partial charge in [-0.15, -0.1) is 0 Å². The number of ether oxygens (including phenoxy) is 3. The van der Waals surface area contributed by atoms with E-state index in [-0.39, 0.29) is 11.2 Å². The average Bonchev–Trinajstić information content (AvgIpc) is 2.97. The molecule has 6 heteroatoms. The van der Waals surface area contributed by atoms with Crippen LogP contribution in [0.5, 0.6) is 11.5 Å². The van der Waals surface area contributed by atoms with Gasteiger partial charge in [0.1, 0.15) is 17.1 Å². The summed E-state index contributed by atoms with van der Waals surface area (Å²) in [5, 5.41) is 0. The van der Waals surface area contributed by atoms with Crippen LogP contribution in [0.15, 0.2) is 59.5 Å². The smallest absolute Gasteiger partial charge is 0.349 e. The van der Waals surface area contributed by atoms with Crippen LogP contribution in [0.25, 0.3) is 0 Å². The second-order valence-corrected chi connectivity index (χ2v) is 12.4. The van der Waals surface area contributed by atoms with Crippen LogP contribution in [0, 0.1) is 20.8 Å². The summed E-state index contributed by atoms with van der Waals surface area (Å²) in [6.07, 6.45) is 18.1. The Morgan fingerprint density at radius 1 is 0.953 bits per heavy atom. The molecule has 0 saturated heterocycles. The number of fused-ring (bicyclic) bond motifs is 1. The Morgan fingerprint density at radius 3 is 2.28 bits per heavy atom. The Kier molecular flexibility index (Phi) is 12.4. The zero-order valence-corrected chi connectivity index (χ0v) is 27.4. The predicted molar refractivity (Wildman–Crippen MR) is 173 cm³/mol. The first-order valence-electron chi connectivity index (χ1n) is 15.4. The van der Waals surface area contributed by atoms with E-state index in [0.29, 0.717) is 5.75 Å². The molecular formula is C37H49NO5. The summed E-state index contributed by atoms with van der Waals surface area (Å²) < 4.78 is 17.5. The molecule has 3 rings (SSSR count). The summed E-state index contributed by atoms with van der Waals surface area (Å²) in [5.74, 6) is 0.183. The molecule has 0 amide bonds. The van der Waals surface area contributed by atoms with Crippen molar-refractivity contribution < 1.29 is 23.8 Å².